The molecule has 4 aromatic rings. The van der Waals surface area contributed by atoms with Gasteiger partial charge in [0.1, 0.15) is 17.9 Å². The van der Waals surface area contributed by atoms with Crippen LogP contribution in [-0.4, -0.2) is 30.7 Å². The molecule has 7 nitrogen and oxygen atoms in total. The van der Waals surface area contributed by atoms with Crippen molar-refractivity contribution < 1.29 is 23.4 Å². The largest absolute Gasteiger partial charge is 0.493 e. The molecule has 0 aliphatic rings. The Morgan fingerprint density at radius 1 is 1.15 bits per heavy atom. The van der Waals surface area contributed by atoms with Gasteiger partial charge in [-0.05, 0) is 36.4 Å². The van der Waals surface area contributed by atoms with Gasteiger partial charge in [-0.3, -0.25) is 4.79 Å². The van der Waals surface area contributed by atoms with Crippen molar-refractivity contribution in [3.63, 3.8) is 0 Å². The Balaban J connectivity index is 1.49. The molecule has 1 amide bonds. The van der Waals surface area contributed by atoms with Crippen molar-refractivity contribution in [3.8, 4) is 28.0 Å². The summed E-state index contributed by atoms with van der Waals surface area (Å²) >= 11 is 1.56. The molecule has 0 radical (unpaired) electrons. The van der Waals surface area contributed by atoms with Crippen molar-refractivity contribution >= 4 is 28.2 Å². The first-order valence-electron chi connectivity index (χ1n) is 10.5. The number of para-hydroxylation sites is 2. The second-order valence-corrected chi connectivity index (χ2v) is 9.43. The van der Waals surface area contributed by atoms with E-state index in [2.05, 4.69) is 26.2 Å². The number of primary amides is 1. The van der Waals surface area contributed by atoms with Crippen LogP contribution in [0.1, 0.15) is 26.5 Å². The van der Waals surface area contributed by atoms with E-state index in [0.29, 0.717) is 23.0 Å². The van der Waals surface area contributed by atoms with E-state index < -0.39 is 12.0 Å². The monoisotopic (exact) mass is 466 g/mol. The molecular weight excluding hydrogens is 440 g/mol. The number of thiazole rings is 1. The number of benzene rings is 2. The van der Waals surface area contributed by atoms with Gasteiger partial charge in [0, 0.05) is 16.2 Å². The van der Waals surface area contributed by atoms with E-state index in [1.54, 1.807) is 35.6 Å². The van der Waals surface area contributed by atoms with Gasteiger partial charge in [-0.15, -0.1) is 11.3 Å². The molecule has 0 saturated heterocycles. The van der Waals surface area contributed by atoms with E-state index in [-0.39, 0.29) is 12.0 Å². The molecule has 172 valence electrons. The summed E-state index contributed by atoms with van der Waals surface area (Å²) in [4.78, 5) is 16.6. The van der Waals surface area contributed by atoms with Gasteiger partial charge in [0.25, 0.3) is 5.91 Å². The van der Waals surface area contributed by atoms with Crippen molar-refractivity contribution in [3.05, 3.63) is 59.6 Å². The highest BCUT2D eigenvalue weighted by atomic mass is 32.1. The van der Waals surface area contributed by atoms with Gasteiger partial charge >= 0.3 is 0 Å². The molecule has 8 heteroatoms. The topological polar surface area (TPSA) is 96.8 Å². The Hall–Kier alpha value is -3.52. The maximum absolute atomic E-state index is 11.9. The zero-order valence-corrected chi connectivity index (χ0v) is 19.8. The van der Waals surface area contributed by atoms with Crippen LogP contribution >= 0.6 is 11.3 Å². The summed E-state index contributed by atoms with van der Waals surface area (Å²) in [6.07, 6.45) is -0.983. The third kappa shape index (κ3) is 5.12. The summed E-state index contributed by atoms with van der Waals surface area (Å²) in [5.41, 5.74) is 7.25. The molecule has 0 spiro atoms. The van der Waals surface area contributed by atoms with Crippen LogP contribution in [0.2, 0.25) is 0 Å². The summed E-state index contributed by atoms with van der Waals surface area (Å²) in [6.45, 7) is 6.34. The fourth-order valence-electron chi connectivity index (χ4n) is 3.16. The maximum Gasteiger partial charge on any atom is 0.262 e. The normalized spacial score (nSPS) is 12.5. The Bertz CT molecular complexity index is 1270. The fourth-order valence-corrected chi connectivity index (χ4v) is 4.16. The standard InChI is InChI=1S/C25H26N2O5S/c1-25(2,3)22-14-33-24(27-22)20-12-15-11-16(9-10-17(15)31-20)30-13-21(23(26)28)32-19-8-6-5-7-18(19)29-4/h5-12,14,21H,13H2,1-4H3,(H2,26,28). The molecule has 0 bridgehead atoms. The molecule has 2 aromatic heterocycles. The first-order chi connectivity index (χ1) is 15.7. The highest BCUT2D eigenvalue weighted by Gasteiger charge is 2.21. The lowest BCUT2D eigenvalue weighted by molar-refractivity contribution is -0.126. The molecule has 4 rings (SSSR count). The molecular formula is C25H26N2O5S. The first-order valence-corrected chi connectivity index (χ1v) is 11.3. The highest BCUT2D eigenvalue weighted by molar-refractivity contribution is 7.13. The average molecular weight is 467 g/mol. The molecule has 2 heterocycles. The summed E-state index contributed by atoms with van der Waals surface area (Å²) in [7, 11) is 1.53. The number of carbonyl (C=O) groups excluding carboxylic acids is 1. The van der Waals surface area contributed by atoms with Crippen LogP contribution in [0.5, 0.6) is 17.2 Å². The fraction of sp³-hybridized carbons (Fsp3) is 0.280. The van der Waals surface area contributed by atoms with E-state index in [4.69, 9.17) is 29.3 Å². The molecule has 0 fully saturated rings. The number of methoxy groups -OCH3 is 1. The smallest absolute Gasteiger partial charge is 0.262 e. The first kappa shape index (κ1) is 22.7. The Morgan fingerprint density at radius 3 is 2.58 bits per heavy atom. The lowest BCUT2D eigenvalue weighted by Crippen LogP contribution is -2.38. The van der Waals surface area contributed by atoms with Crippen LogP contribution in [0.4, 0.5) is 0 Å². The average Bonchev–Trinajstić information content (AvgIpc) is 3.43. The number of fused-ring (bicyclic) bond motifs is 1. The van der Waals surface area contributed by atoms with Crippen LogP contribution in [0.3, 0.4) is 0 Å². The number of aromatic nitrogens is 1. The van der Waals surface area contributed by atoms with Gasteiger partial charge in [-0.1, -0.05) is 32.9 Å². The van der Waals surface area contributed by atoms with Gasteiger partial charge in [-0.2, -0.15) is 0 Å². The van der Waals surface area contributed by atoms with Crippen molar-refractivity contribution in [2.75, 3.05) is 13.7 Å². The van der Waals surface area contributed by atoms with Crippen LogP contribution in [0, 0.1) is 0 Å². The van der Waals surface area contributed by atoms with E-state index in [9.17, 15) is 4.79 Å². The molecule has 0 aliphatic carbocycles. The van der Waals surface area contributed by atoms with E-state index in [1.165, 1.54) is 7.11 Å². The predicted octanol–water partition coefficient (Wildman–Crippen LogP) is 5.17. The van der Waals surface area contributed by atoms with E-state index >= 15 is 0 Å². The van der Waals surface area contributed by atoms with Gasteiger partial charge < -0.3 is 24.4 Å². The zero-order chi connectivity index (χ0) is 23.6. The minimum atomic E-state index is -0.983. The van der Waals surface area contributed by atoms with E-state index in [0.717, 1.165) is 21.7 Å². The van der Waals surface area contributed by atoms with Crippen LogP contribution < -0.4 is 19.9 Å². The minimum absolute atomic E-state index is 0.0232. The van der Waals surface area contributed by atoms with Gasteiger partial charge in [0.05, 0.1) is 12.8 Å². The number of rotatable bonds is 8. The molecule has 1 unspecified atom stereocenters. The zero-order valence-electron chi connectivity index (χ0n) is 19.0. The Labute approximate surface area is 196 Å². The lowest BCUT2D eigenvalue weighted by Gasteiger charge is -2.18. The number of hydrogen-bond acceptors (Lipinski definition) is 7. The lowest BCUT2D eigenvalue weighted by atomic mass is 9.93. The van der Waals surface area contributed by atoms with Crippen molar-refractivity contribution in [2.45, 2.75) is 32.3 Å². The molecule has 0 saturated carbocycles. The number of ether oxygens (including phenoxy) is 3. The molecule has 2 aromatic carbocycles. The number of carbonyl (C=O) groups is 1. The van der Waals surface area contributed by atoms with Crippen molar-refractivity contribution in [1.29, 1.82) is 0 Å². The summed E-state index contributed by atoms with van der Waals surface area (Å²) in [5, 5.41) is 3.76. The number of nitrogens with two attached hydrogens (primary N) is 1. The summed E-state index contributed by atoms with van der Waals surface area (Å²) < 4.78 is 22.8. The van der Waals surface area contributed by atoms with E-state index in [1.807, 2.05) is 24.3 Å². The molecule has 1 atom stereocenters. The quantitative estimate of drug-likeness (QED) is 0.385. The number of amides is 1. The SMILES string of the molecule is COc1ccccc1OC(COc1ccc2oc(-c3nc(C(C)(C)C)cs3)cc2c1)C(N)=O. The highest BCUT2D eigenvalue weighted by Crippen LogP contribution is 2.34. The number of nitrogens with zero attached hydrogens (tertiary/aromatic N) is 1. The van der Waals surface area contributed by atoms with Crippen molar-refractivity contribution in [1.82, 2.24) is 4.98 Å². The van der Waals surface area contributed by atoms with Crippen LogP contribution in [-0.2, 0) is 10.2 Å². The minimum Gasteiger partial charge on any atom is -0.493 e. The van der Waals surface area contributed by atoms with Gasteiger partial charge in [0.15, 0.2) is 22.3 Å². The molecule has 2 N–H and O–H groups in total. The molecule has 33 heavy (non-hydrogen) atoms. The Kier molecular flexibility index (Phi) is 6.29. The summed E-state index contributed by atoms with van der Waals surface area (Å²) in [5.74, 6) is 1.57. The van der Waals surface area contributed by atoms with Gasteiger partial charge in [-0.25, -0.2) is 4.98 Å². The second kappa shape index (κ2) is 9.15. The van der Waals surface area contributed by atoms with Crippen molar-refractivity contribution in [2.24, 2.45) is 5.73 Å². The second-order valence-electron chi connectivity index (χ2n) is 8.57. The van der Waals surface area contributed by atoms with Crippen LogP contribution in [0.15, 0.2) is 58.3 Å². The predicted molar refractivity (Wildman–Crippen MR) is 128 cm³/mol. The Morgan fingerprint density at radius 2 is 1.91 bits per heavy atom. The number of furan rings is 1. The number of hydrogen-bond donors (Lipinski definition) is 1. The summed E-state index contributed by atoms with van der Waals surface area (Å²) in [6, 6.07) is 14.4. The van der Waals surface area contributed by atoms with Gasteiger partial charge in [0.2, 0.25) is 6.10 Å². The third-order valence-corrected chi connectivity index (χ3v) is 5.89. The third-order valence-electron chi connectivity index (χ3n) is 5.03. The molecule has 0 aliphatic heterocycles. The maximum atomic E-state index is 11.9. The van der Waals surface area contributed by atoms with Crippen LogP contribution in [0.25, 0.3) is 21.7 Å².